The summed E-state index contributed by atoms with van der Waals surface area (Å²) in [5, 5.41) is 5.08. The third-order valence-corrected chi connectivity index (χ3v) is 5.03. The number of nitrogens with zero attached hydrogens (tertiary/aromatic N) is 1. The number of benzene rings is 2. The van der Waals surface area contributed by atoms with Crippen molar-refractivity contribution >= 4 is 29.5 Å². The fraction of sp³-hybridized carbons (Fsp3) is 0.333. The van der Waals surface area contributed by atoms with Gasteiger partial charge in [0.05, 0.1) is 13.5 Å². The maximum Gasteiger partial charge on any atom is 0.408 e. The molecule has 196 valence electrons. The molecule has 2 unspecified atom stereocenters. The Bertz CT molecular complexity index is 1160. The zero-order chi connectivity index (χ0) is 27.8. The molecule has 4 N–H and O–H groups in total. The Morgan fingerprint density at radius 2 is 1.65 bits per heavy atom. The number of carbonyl (C=O) groups excluding carboxylic acids is 4. The van der Waals surface area contributed by atoms with E-state index in [9.17, 15) is 19.2 Å². The lowest BCUT2D eigenvalue weighted by molar-refractivity contribution is -0.138. The first kappa shape index (κ1) is 28.7. The van der Waals surface area contributed by atoms with Crippen molar-refractivity contribution < 1.29 is 28.7 Å². The maximum absolute atomic E-state index is 13.5. The van der Waals surface area contributed by atoms with Crippen molar-refractivity contribution in [2.75, 3.05) is 12.4 Å². The van der Waals surface area contributed by atoms with Crippen LogP contribution in [0.5, 0.6) is 5.75 Å². The number of carbonyl (C=O) groups is 4. The van der Waals surface area contributed by atoms with Gasteiger partial charge >= 0.3 is 6.09 Å². The summed E-state index contributed by atoms with van der Waals surface area (Å²) >= 11 is 0. The second kappa shape index (κ2) is 12.4. The van der Waals surface area contributed by atoms with Gasteiger partial charge in [-0.15, -0.1) is 0 Å². The van der Waals surface area contributed by atoms with Gasteiger partial charge in [0.25, 0.3) is 11.8 Å². The molecular formula is C27H32N4O6. The number of hydrogen-bond donors (Lipinski definition) is 3. The fourth-order valence-electron chi connectivity index (χ4n) is 3.34. The van der Waals surface area contributed by atoms with Crippen LogP contribution in [0.1, 0.15) is 44.4 Å². The minimum absolute atomic E-state index is 0.415. The molecule has 0 bridgehead atoms. The summed E-state index contributed by atoms with van der Waals surface area (Å²) in [5.74, 6) is -1.77. The number of rotatable bonds is 9. The van der Waals surface area contributed by atoms with Crippen LogP contribution in [0.4, 0.5) is 10.5 Å². The average molecular weight is 509 g/mol. The number of alkyl carbamates (subject to hydrolysis) is 1. The van der Waals surface area contributed by atoms with E-state index >= 15 is 0 Å². The normalized spacial score (nSPS) is 12.3. The Morgan fingerprint density at radius 3 is 2.14 bits per heavy atom. The van der Waals surface area contributed by atoms with Gasteiger partial charge in [-0.2, -0.15) is 0 Å². The molecule has 2 rings (SSSR count). The van der Waals surface area contributed by atoms with Crippen LogP contribution in [0.2, 0.25) is 0 Å². The van der Waals surface area contributed by atoms with E-state index in [1.165, 1.54) is 7.11 Å². The monoisotopic (exact) mass is 508 g/mol. The molecule has 0 spiro atoms. The van der Waals surface area contributed by atoms with Crippen LogP contribution < -0.4 is 21.1 Å². The maximum atomic E-state index is 13.5. The van der Waals surface area contributed by atoms with E-state index in [1.54, 1.807) is 69.3 Å². The number of nitrogens with one attached hydrogen (secondary N) is 2. The van der Waals surface area contributed by atoms with Gasteiger partial charge in [-0.3, -0.25) is 19.3 Å². The highest BCUT2D eigenvalue weighted by Crippen LogP contribution is 2.25. The first-order chi connectivity index (χ1) is 17.3. The molecule has 0 fully saturated rings. The number of primary amides is 1. The number of amides is 4. The van der Waals surface area contributed by atoms with E-state index in [1.807, 2.05) is 6.92 Å². The third-order valence-electron chi connectivity index (χ3n) is 5.03. The molecule has 0 aliphatic carbocycles. The van der Waals surface area contributed by atoms with Crippen LogP contribution in [-0.2, 0) is 19.1 Å². The number of methoxy groups -OCH3 is 1. The topological polar surface area (TPSA) is 140 Å². The van der Waals surface area contributed by atoms with Gasteiger partial charge in [0.15, 0.2) is 0 Å². The highest BCUT2D eigenvalue weighted by molar-refractivity contribution is 6.00. The number of aryl methyl sites for hydroxylation is 1. The third kappa shape index (κ3) is 8.58. The molecule has 2 aromatic carbocycles. The van der Waals surface area contributed by atoms with Crippen molar-refractivity contribution in [1.29, 1.82) is 0 Å². The highest BCUT2D eigenvalue weighted by Gasteiger charge is 2.36. The highest BCUT2D eigenvalue weighted by atomic mass is 16.6. The zero-order valence-corrected chi connectivity index (χ0v) is 21.5. The second-order valence-electron chi connectivity index (χ2n) is 9.24. The molecule has 4 amide bonds. The van der Waals surface area contributed by atoms with Gasteiger partial charge < -0.3 is 25.8 Å². The molecule has 0 saturated carbocycles. The van der Waals surface area contributed by atoms with Crippen LogP contribution in [0.25, 0.3) is 0 Å². The Hall–Kier alpha value is -4.52. The molecule has 0 aromatic heterocycles. The smallest absolute Gasteiger partial charge is 0.408 e. The fourth-order valence-corrected chi connectivity index (χ4v) is 3.34. The predicted octanol–water partition coefficient (Wildman–Crippen LogP) is 2.87. The van der Waals surface area contributed by atoms with Gasteiger partial charge in [0.1, 0.15) is 23.4 Å². The van der Waals surface area contributed by atoms with E-state index in [0.29, 0.717) is 17.0 Å². The summed E-state index contributed by atoms with van der Waals surface area (Å²) in [6.07, 6.45) is 4.21. The summed E-state index contributed by atoms with van der Waals surface area (Å²) in [6.45, 7) is 6.79. The molecule has 0 heterocycles. The summed E-state index contributed by atoms with van der Waals surface area (Å²) in [6, 6.07) is 12.9. The van der Waals surface area contributed by atoms with Gasteiger partial charge in [0, 0.05) is 11.7 Å². The molecule has 0 aliphatic rings. The molecule has 2 aromatic rings. The lowest BCUT2D eigenvalue weighted by Gasteiger charge is -2.30. The van der Waals surface area contributed by atoms with E-state index in [2.05, 4.69) is 16.7 Å². The SMILES string of the molecule is C#CN(C(=O)C(CC(N)=O)NC(=O)OC(C)(C)C)C(C(=O)Nc1ccc(OC)cc1)c1ccc(C)cc1. The summed E-state index contributed by atoms with van der Waals surface area (Å²) in [4.78, 5) is 51.9. The van der Waals surface area contributed by atoms with Crippen LogP contribution in [-0.4, -0.2) is 47.5 Å². The van der Waals surface area contributed by atoms with Crippen LogP contribution in [0.3, 0.4) is 0 Å². The number of nitrogens with two attached hydrogens (primary N) is 1. The minimum Gasteiger partial charge on any atom is -0.497 e. The first-order valence-electron chi connectivity index (χ1n) is 11.4. The second-order valence-corrected chi connectivity index (χ2v) is 9.24. The van der Waals surface area contributed by atoms with Crippen molar-refractivity contribution in [3.8, 4) is 18.2 Å². The largest absolute Gasteiger partial charge is 0.497 e. The van der Waals surface area contributed by atoms with Crippen LogP contribution in [0.15, 0.2) is 48.5 Å². The molecule has 10 heteroatoms. The Morgan fingerprint density at radius 1 is 1.05 bits per heavy atom. The van der Waals surface area contributed by atoms with Crippen LogP contribution in [0, 0.1) is 19.4 Å². The molecule has 2 atom stereocenters. The summed E-state index contributed by atoms with van der Waals surface area (Å²) in [5.41, 5.74) is 6.24. The van der Waals surface area contributed by atoms with Gasteiger partial charge in [-0.25, -0.2) is 4.79 Å². The van der Waals surface area contributed by atoms with Gasteiger partial charge in [0.2, 0.25) is 5.91 Å². The number of ether oxygens (including phenoxy) is 2. The quantitative estimate of drug-likeness (QED) is 0.351. The molecular weight excluding hydrogens is 476 g/mol. The average Bonchev–Trinajstić information content (AvgIpc) is 2.81. The Balaban J connectivity index is 2.44. The van der Waals surface area contributed by atoms with Crippen molar-refractivity contribution in [3.05, 3.63) is 59.7 Å². The molecule has 0 radical (unpaired) electrons. The molecule has 0 aliphatic heterocycles. The van der Waals surface area contributed by atoms with E-state index in [0.717, 1.165) is 10.5 Å². The standard InChI is InChI=1S/C27H32N4O6/c1-7-31(25(34)21(16-22(28)32)30-26(35)37-27(3,4)5)23(18-10-8-17(2)9-11-18)24(33)29-19-12-14-20(36-6)15-13-19/h1,8-15,21,23H,16H2,2-6H3,(H2,28,32)(H,29,33)(H,30,35). The zero-order valence-electron chi connectivity index (χ0n) is 21.5. The molecule has 0 saturated heterocycles. The van der Waals surface area contributed by atoms with E-state index < -0.39 is 47.9 Å². The van der Waals surface area contributed by atoms with Crippen molar-refractivity contribution in [2.45, 2.75) is 51.8 Å². The van der Waals surface area contributed by atoms with Gasteiger partial charge in [-0.1, -0.05) is 36.3 Å². The number of hydrogen-bond acceptors (Lipinski definition) is 6. The van der Waals surface area contributed by atoms with Crippen molar-refractivity contribution in [1.82, 2.24) is 10.2 Å². The van der Waals surface area contributed by atoms with Crippen molar-refractivity contribution in [3.63, 3.8) is 0 Å². The molecule has 37 heavy (non-hydrogen) atoms. The predicted molar refractivity (Wildman–Crippen MR) is 138 cm³/mol. The summed E-state index contributed by atoms with van der Waals surface area (Å²) in [7, 11) is 1.52. The number of terminal acetylenes is 1. The van der Waals surface area contributed by atoms with Crippen LogP contribution >= 0.6 is 0 Å². The Kier molecular flexibility index (Phi) is 9.66. The van der Waals surface area contributed by atoms with E-state index in [-0.39, 0.29) is 0 Å². The number of anilines is 1. The lowest BCUT2D eigenvalue weighted by Crippen LogP contribution is -2.52. The summed E-state index contributed by atoms with van der Waals surface area (Å²) < 4.78 is 10.3. The minimum atomic E-state index is -1.47. The first-order valence-corrected chi connectivity index (χ1v) is 11.4. The van der Waals surface area contributed by atoms with Crippen molar-refractivity contribution in [2.24, 2.45) is 5.73 Å². The van der Waals surface area contributed by atoms with E-state index in [4.69, 9.17) is 21.6 Å². The lowest BCUT2D eigenvalue weighted by atomic mass is 10.0. The Labute approximate surface area is 216 Å². The molecule has 10 nitrogen and oxygen atoms in total. The van der Waals surface area contributed by atoms with Gasteiger partial charge in [-0.05, 0) is 57.5 Å².